The Morgan fingerprint density at radius 2 is 1.32 bits per heavy atom. The zero-order valence-corrected chi connectivity index (χ0v) is 15.4. The predicted molar refractivity (Wildman–Crippen MR) is 116 cm³/mol. The quantitative estimate of drug-likeness (QED) is 0.524. The predicted octanol–water partition coefficient (Wildman–Crippen LogP) is 4.55. The zero-order chi connectivity index (χ0) is 19.1. The molecule has 0 saturated carbocycles. The third-order valence-electron chi connectivity index (χ3n) is 5.75. The minimum atomic E-state index is -1.53. The first-order valence-corrected chi connectivity index (χ1v) is 9.50. The minimum Gasteiger partial charge on any atom is -0.425 e. The number of aromatic nitrogens is 1. The molecule has 3 aromatic carbocycles. The summed E-state index contributed by atoms with van der Waals surface area (Å²) >= 11 is 0. The van der Waals surface area contributed by atoms with Gasteiger partial charge in [-0.25, -0.2) is 0 Å². The highest BCUT2D eigenvalue weighted by molar-refractivity contribution is 6.46. The second-order valence-electron chi connectivity index (χ2n) is 7.30. The van der Waals surface area contributed by atoms with Crippen molar-refractivity contribution in [3.05, 3.63) is 103 Å². The molecule has 0 spiro atoms. The highest BCUT2D eigenvalue weighted by Crippen LogP contribution is 2.40. The average molecular weight is 365 g/mol. The van der Waals surface area contributed by atoms with E-state index in [0.717, 1.165) is 32.9 Å². The van der Waals surface area contributed by atoms with E-state index in [0.29, 0.717) is 6.42 Å². The fourth-order valence-electron chi connectivity index (χ4n) is 4.33. The van der Waals surface area contributed by atoms with Crippen LogP contribution in [0.2, 0.25) is 0 Å². The van der Waals surface area contributed by atoms with Gasteiger partial charge in [0.1, 0.15) is 5.44 Å². The van der Waals surface area contributed by atoms with Gasteiger partial charge in [-0.3, -0.25) is 0 Å². The van der Waals surface area contributed by atoms with Crippen molar-refractivity contribution in [3.8, 4) is 0 Å². The lowest BCUT2D eigenvalue weighted by Gasteiger charge is -2.35. The second kappa shape index (κ2) is 6.52. The summed E-state index contributed by atoms with van der Waals surface area (Å²) in [4.78, 5) is 0. The van der Waals surface area contributed by atoms with E-state index in [-0.39, 0.29) is 0 Å². The van der Waals surface area contributed by atoms with Gasteiger partial charge in [0.05, 0.1) is 0 Å². The second-order valence-corrected chi connectivity index (χ2v) is 7.30. The lowest BCUT2D eigenvalue weighted by Crippen LogP contribution is -2.47. The Balaban J connectivity index is 1.73. The van der Waals surface area contributed by atoms with Gasteiger partial charge < -0.3 is 14.6 Å². The monoisotopic (exact) mass is 365 g/mol. The Morgan fingerprint density at radius 1 is 0.750 bits per heavy atom. The highest BCUT2D eigenvalue weighted by Gasteiger charge is 2.44. The maximum atomic E-state index is 10.5. The molecule has 2 N–H and O–H groups in total. The number of fused-ring (bicyclic) bond motifs is 3. The molecule has 1 atom stereocenters. The summed E-state index contributed by atoms with van der Waals surface area (Å²) in [5, 5.41) is 23.3. The molecule has 1 aliphatic carbocycles. The van der Waals surface area contributed by atoms with Gasteiger partial charge in [-0.2, -0.15) is 0 Å². The third-order valence-corrected chi connectivity index (χ3v) is 5.75. The number of nitrogens with zero attached hydrogens (tertiary/aromatic N) is 1. The molecule has 136 valence electrons. The van der Waals surface area contributed by atoms with Crippen molar-refractivity contribution in [2.75, 3.05) is 0 Å². The number of hydrogen-bond donors (Lipinski definition) is 2. The topological polar surface area (TPSA) is 45.4 Å². The molecular formula is C24H20BNO2. The Kier molecular flexibility index (Phi) is 3.97. The Labute approximate surface area is 164 Å². The van der Waals surface area contributed by atoms with Crippen LogP contribution < -0.4 is 0 Å². The van der Waals surface area contributed by atoms with Crippen LogP contribution in [0.25, 0.3) is 27.4 Å². The summed E-state index contributed by atoms with van der Waals surface area (Å²) < 4.78 is 2.08. The van der Waals surface area contributed by atoms with Gasteiger partial charge in [-0.1, -0.05) is 85.0 Å². The molecule has 1 unspecified atom stereocenters. The summed E-state index contributed by atoms with van der Waals surface area (Å²) in [6.45, 7) is 0. The van der Waals surface area contributed by atoms with E-state index >= 15 is 0 Å². The summed E-state index contributed by atoms with van der Waals surface area (Å²) in [5.41, 5.74) is 3.26. The average Bonchev–Trinajstić information content (AvgIpc) is 3.09. The number of rotatable bonds is 3. The van der Waals surface area contributed by atoms with Gasteiger partial charge in [0.25, 0.3) is 0 Å². The van der Waals surface area contributed by atoms with Crippen molar-refractivity contribution < 1.29 is 10.0 Å². The first-order valence-electron chi connectivity index (χ1n) is 9.50. The molecule has 0 radical (unpaired) electrons. The van der Waals surface area contributed by atoms with Gasteiger partial charge in [-0.15, -0.1) is 0 Å². The standard InChI is InChI=1S/C24H20BNO2/c27-25(28)24(16-14-19(15-17-24)18-8-2-1-3-9-18)26-22-12-6-4-10-20(22)21-11-5-7-13-23(21)26/h1-16,27-28H,17H2. The van der Waals surface area contributed by atoms with E-state index < -0.39 is 12.6 Å². The smallest absolute Gasteiger partial charge is 0.425 e. The lowest BCUT2D eigenvalue weighted by molar-refractivity contribution is 0.327. The van der Waals surface area contributed by atoms with E-state index in [1.807, 2.05) is 66.7 Å². The Morgan fingerprint density at radius 3 is 1.86 bits per heavy atom. The molecule has 1 aliphatic rings. The number of benzene rings is 3. The molecule has 0 bridgehead atoms. The summed E-state index contributed by atoms with van der Waals surface area (Å²) in [5.74, 6) is 0. The van der Waals surface area contributed by atoms with Gasteiger partial charge >= 0.3 is 7.12 Å². The van der Waals surface area contributed by atoms with Gasteiger partial charge in [0.15, 0.2) is 0 Å². The molecule has 4 aromatic rings. The number of para-hydroxylation sites is 2. The van der Waals surface area contributed by atoms with Crippen LogP contribution in [0.4, 0.5) is 0 Å². The van der Waals surface area contributed by atoms with Gasteiger partial charge in [-0.05, 0) is 29.7 Å². The number of hydrogen-bond acceptors (Lipinski definition) is 2. The fraction of sp³-hybridized carbons (Fsp3) is 0.0833. The maximum absolute atomic E-state index is 10.5. The van der Waals surface area contributed by atoms with Gasteiger partial charge in [0.2, 0.25) is 0 Å². The molecule has 5 rings (SSSR count). The molecule has 4 heteroatoms. The van der Waals surface area contributed by atoms with Crippen molar-refractivity contribution in [1.29, 1.82) is 0 Å². The van der Waals surface area contributed by atoms with Crippen LogP contribution in [0.3, 0.4) is 0 Å². The molecule has 0 fully saturated rings. The largest absolute Gasteiger partial charge is 0.483 e. The van der Waals surface area contributed by atoms with E-state index in [9.17, 15) is 10.0 Å². The maximum Gasteiger partial charge on any atom is 0.483 e. The Hall–Kier alpha value is -3.08. The Bertz CT molecular complexity index is 1170. The molecule has 3 nitrogen and oxygen atoms in total. The van der Waals surface area contributed by atoms with Crippen molar-refractivity contribution in [2.45, 2.75) is 11.9 Å². The van der Waals surface area contributed by atoms with Gasteiger partial charge in [0, 0.05) is 21.8 Å². The van der Waals surface area contributed by atoms with Crippen LogP contribution in [0.15, 0.2) is 97.1 Å². The minimum absolute atomic E-state index is 0.494. The van der Waals surface area contributed by atoms with Crippen molar-refractivity contribution in [3.63, 3.8) is 0 Å². The molecule has 0 saturated heterocycles. The molecule has 1 heterocycles. The van der Waals surface area contributed by atoms with Crippen LogP contribution >= 0.6 is 0 Å². The molecule has 1 aromatic heterocycles. The molecule has 0 aliphatic heterocycles. The zero-order valence-electron chi connectivity index (χ0n) is 15.4. The summed E-state index contributed by atoms with van der Waals surface area (Å²) in [6, 6.07) is 26.4. The van der Waals surface area contributed by atoms with Crippen molar-refractivity contribution in [2.24, 2.45) is 0 Å². The van der Waals surface area contributed by atoms with E-state index in [2.05, 4.69) is 34.9 Å². The third kappa shape index (κ3) is 2.46. The fourth-order valence-corrected chi connectivity index (χ4v) is 4.33. The summed E-state index contributed by atoms with van der Waals surface area (Å²) in [6.07, 6.45) is 6.53. The SMILES string of the molecule is OB(O)C1(n2c3ccccc3c3ccccc32)C=CC(c2ccccc2)=CC1. The van der Waals surface area contributed by atoms with Crippen molar-refractivity contribution in [1.82, 2.24) is 4.57 Å². The van der Waals surface area contributed by atoms with Crippen LogP contribution in [-0.4, -0.2) is 21.7 Å². The molecular weight excluding hydrogens is 345 g/mol. The van der Waals surface area contributed by atoms with E-state index in [4.69, 9.17) is 0 Å². The molecule has 0 amide bonds. The number of allylic oxidation sites excluding steroid dienone is 4. The van der Waals surface area contributed by atoms with Crippen LogP contribution in [0.5, 0.6) is 0 Å². The lowest BCUT2D eigenvalue weighted by atomic mass is 9.60. The van der Waals surface area contributed by atoms with Crippen LogP contribution in [-0.2, 0) is 5.44 Å². The van der Waals surface area contributed by atoms with E-state index in [1.54, 1.807) is 0 Å². The van der Waals surface area contributed by atoms with Crippen molar-refractivity contribution >= 4 is 34.5 Å². The van der Waals surface area contributed by atoms with Crippen LogP contribution in [0, 0.1) is 0 Å². The summed E-state index contributed by atoms with van der Waals surface area (Å²) in [7, 11) is -1.53. The van der Waals surface area contributed by atoms with E-state index in [1.165, 1.54) is 0 Å². The normalized spacial score (nSPS) is 19.1. The molecule has 28 heavy (non-hydrogen) atoms. The highest BCUT2D eigenvalue weighted by atomic mass is 16.4. The van der Waals surface area contributed by atoms with Crippen LogP contribution in [0.1, 0.15) is 12.0 Å². The first kappa shape index (κ1) is 17.1. The first-order chi connectivity index (χ1) is 13.7.